The maximum atomic E-state index is 12.2. The first-order valence-corrected chi connectivity index (χ1v) is 8.26. The molecule has 6 heteroatoms. The summed E-state index contributed by atoms with van der Waals surface area (Å²) >= 11 is 4.87. The van der Waals surface area contributed by atoms with Crippen LogP contribution in [0.2, 0.25) is 0 Å². The van der Waals surface area contributed by atoms with Gasteiger partial charge in [-0.25, -0.2) is 13.1 Å². The third-order valence-electron chi connectivity index (χ3n) is 2.76. The second-order valence-electron chi connectivity index (χ2n) is 4.32. The lowest BCUT2D eigenvalue weighted by atomic mass is 10.2. The monoisotopic (exact) mass is 300 g/mol. The molecule has 0 heterocycles. The van der Waals surface area contributed by atoms with Crippen LogP contribution in [0.3, 0.4) is 0 Å². The van der Waals surface area contributed by atoms with Gasteiger partial charge in [-0.15, -0.1) is 0 Å². The van der Waals surface area contributed by atoms with Crippen LogP contribution >= 0.6 is 12.2 Å². The zero-order valence-corrected chi connectivity index (χ0v) is 12.7. The molecule has 0 spiro atoms. The maximum Gasteiger partial charge on any atom is 0.241 e. The number of benzene rings is 1. The Hall–Kier alpha value is -0.980. The number of hydrogen-bond acceptors (Lipinski definition) is 3. The first kappa shape index (κ1) is 16.1. The third-order valence-corrected chi connectivity index (χ3v) is 4.50. The highest BCUT2D eigenvalue weighted by atomic mass is 32.2. The molecule has 0 radical (unpaired) electrons. The van der Waals surface area contributed by atoms with E-state index < -0.39 is 10.0 Å². The van der Waals surface area contributed by atoms with Crippen LogP contribution < -0.4 is 10.5 Å². The Morgan fingerprint density at radius 2 is 1.95 bits per heavy atom. The van der Waals surface area contributed by atoms with Gasteiger partial charge in [0.15, 0.2) is 0 Å². The van der Waals surface area contributed by atoms with Gasteiger partial charge in [-0.1, -0.05) is 56.6 Å². The van der Waals surface area contributed by atoms with Crippen molar-refractivity contribution in [1.82, 2.24) is 4.72 Å². The lowest BCUT2D eigenvalue weighted by molar-refractivity contribution is 0.573. The second kappa shape index (κ2) is 7.57. The zero-order chi connectivity index (χ0) is 14.3. The average Bonchev–Trinajstić information content (AvgIpc) is 2.38. The van der Waals surface area contributed by atoms with Crippen molar-refractivity contribution in [3.8, 4) is 0 Å². The Labute approximate surface area is 120 Å². The van der Waals surface area contributed by atoms with Gasteiger partial charge >= 0.3 is 0 Å². The van der Waals surface area contributed by atoms with E-state index in [1.54, 1.807) is 18.2 Å². The van der Waals surface area contributed by atoms with Gasteiger partial charge in [-0.05, 0) is 12.5 Å². The fourth-order valence-electron chi connectivity index (χ4n) is 1.74. The van der Waals surface area contributed by atoms with E-state index in [1.165, 1.54) is 6.07 Å². The van der Waals surface area contributed by atoms with Gasteiger partial charge in [-0.3, -0.25) is 0 Å². The van der Waals surface area contributed by atoms with Crippen molar-refractivity contribution in [2.75, 3.05) is 6.54 Å². The SMILES string of the molecule is CCCCCCNS(=O)(=O)c1ccccc1C(N)=S. The minimum Gasteiger partial charge on any atom is -0.389 e. The lowest BCUT2D eigenvalue weighted by Gasteiger charge is -2.10. The first-order valence-electron chi connectivity index (χ1n) is 6.37. The maximum absolute atomic E-state index is 12.2. The van der Waals surface area contributed by atoms with Crippen LogP contribution in [0.4, 0.5) is 0 Å². The molecule has 1 rings (SSSR count). The van der Waals surface area contributed by atoms with Crippen LogP contribution in [0.5, 0.6) is 0 Å². The number of sulfonamides is 1. The number of thiocarbonyl (C=S) groups is 1. The molecule has 0 saturated carbocycles. The van der Waals surface area contributed by atoms with Crippen LogP contribution in [-0.2, 0) is 10.0 Å². The molecular weight excluding hydrogens is 280 g/mol. The van der Waals surface area contributed by atoms with Crippen molar-refractivity contribution >= 4 is 27.2 Å². The Bertz CT molecular complexity index is 527. The standard InChI is InChI=1S/C13H20N2O2S2/c1-2-3-4-7-10-15-19(16,17)12-9-6-5-8-11(12)13(14)18/h5-6,8-9,15H,2-4,7,10H2,1H3,(H2,14,18). The summed E-state index contributed by atoms with van der Waals surface area (Å²) in [5.41, 5.74) is 5.93. The fraction of sp³-hybridized carbons (Fsp3) is 0.462. The second-order valence-corrected chi connectivity index (χ2v) is 6.49. The van der Waals surface area contributed by atoms with Crippen LogP contribution in [0.25, 0.3) is 0 Å². The van der Waals surface area contributed by atoms with Crippen molar-refractivity contribution in [2.45, 2.75) is 37.5 Å². The number of nitrogens with two attached hydrogens (primary N) is 1. The molecule has 0 saturated heterocycles. The van der Waals surface area contributed by atoms with Gasteiger partial charge in [0.25, 0.3) is 0 Å². The summed E-state index contributed by atoms with van der Waals surface area (Å²) in [7, 11) is -3.54. The lowest BCUT2D eigenvalue weighted by Crippen LogP contribution is -2.27. The molecule has 0 bridgehead atoms. The summed E-state index contributed by atoms with van der Waals surface area (Å²) in [4.78, 5) is 0.241. The predicted octanol–water partition coefficient (Wildman–Crippen LogP) is 2.18. The Morgan fingerprint density at radius 1 is 1.26 bits per heavy atom. The molecule has 0 unspecified atom stereocenters. The number of hydrogen-bond donors (Lipinski definition) is 2. The molecule has 0 aliphatic rings. The van der Waals surface area contributed by atoms with Crippen LogP contribution in [-0.4, -0.2) is 20.0 Å². The topological polar surface area (TPSA) is 72.2 Å². The van der Waals surface area contributed by atoms with E-state index in [4.69, 9.17) is 18.0 Å². The Balaban J connectivity index is 2.75. The highest BCUT2D eigenvalue weighted by Gasteiger charge is 2.18. The van der Waals surface area contributed by atoms with Crippen molar-refractivity contribution in [1.29, 1.82) is 0 Å². The Kier molecular flexibility index (Phi) is 6.41. The fourth-order valence-corrected chi connectivity index (χ4v) is 3.28. The minimum absolute atomic E-state index is 0.0898. The number of nitrogens with one attached hydrogen (secondary N) is 1. The molecule has 3 N–H and O–H groups in total. The normalized spacial score (nSPS) is 11.4. The molecule has 0 aromatic heterocycles. The molecule has 1 aromatic rings. The smallest absolute Gasteiger partial charge is 0.241 e. The molecule has 106 valence electrons. The van der Waals surface area contributed by atoms with E-state index >= 15 is 0 Å². The third kappa shape index (κ3) is 4.89. The van der Waals surface area contributed by atoms with E-state index in [1.807, 2.05) is 0 Å². The zero-order valence-electron chi connectivity index (χ0n) is 11.1. The van der Waals surface area contributed by atoms with Crippen molar-refractivity contribution in [2.24, 2.45) is 5.73 Å². The molecule has 0 fully saturated rings. The van der Waals surface area contributed by atoms with Crippen LogP contribution in [0.15, 0.2) is 29.2 Å². The van der Waals surface area contributed by atoms with E-state index in [9.17, 15) is 8.42 Å². The summed E-state index contributed by atoms with van der Waals surface area (Å²) < 4.78 is 26.9. The van der Waals surface area contributed by atoms with Gasteiger partial charge < -0.3 is 5.73 Å². The highest BCUT2D eigenvalue weighted by molar-refractivity contribution is 7.89. The predicted molar refractivity (Wildman–Crippen MR) is 81.7 cm³/mol. The van der Waals surface area contributed by atoms with E-state index in [0.717, 1.165) is 25.7 Å². The Morgan fingerprint density at radius 3 is 2.58 bits per heavy atom. The highest BCUT2D eigenvalue weighted by Crippen LogP contribution is 2.15. The van der Waals surface area contributed by atoms with Crippen molar-refractivity contribution in [3.05, 3.63) is 29.8 Å². The molecule has 4 nitrogen and oxygen atoms in total. The number of rotatable bonds is 8. The van der Waals surface area contributed by atoms with E-state index in [2.05, 4.69) is 11.6 Å². The quantitative estimate of drug-likeness (QED) is 0.570. The summed E-state index contributed by atoms with van der Waals surface area (Å²) in [6.45, 7) is 2.55. The average molecular weight is 300 g/mol. The van der Waals surface area contributed by atoms with Gasteiger partial charge in [0.2, 0.25) is 10.0 Å². The van der Waals surface area contributed by atoms with Crippen LogP contribution in [0.1, 0.15) is 38.2 Å². The van der Waals surface area contributed by atoms with Gasteiger partial charge in [0.05, 0.1) is 4.90 Å². The van der Waals surface area contributed by atoms with Gasteiger partial charge in [-0.2, -0.15) is 0 Å². The summed E-state index contributed by atoms with van der Waals surface area (Å²) in [5.74, 6) is 0. The molecule has 0 amide bonds. The van der Waals surface area contributed by atoms with Gasteiger partial charge in [0, 0.05) is 12.1 Å². The molecule has 0 atom stereocenters. The van der Waals surface area contributed by atoms with Crippen molar-refractivity contribution in [3.63, 3.8) is 0 Å². The number of unbranched alkanes of at least 4 members (excludes halogenated alkanes) is 3. The van der Waals surface area contributed by atoms with E-state index in [0.29, 0.717) is 12.1 Å². The molecule has 19 heavy (non-hydrogen) atoms. The summed E-state index contributed by atoms with van der Waals surface area (Å²) in [6.07, 6.45) is 4.10. The molecular formula is C13H20N2O2S2. The molecule has 1 aromatic carbocycles. The minimum atomic E-state index is -3.54. The van der Waals surface area contributed by atoms with Gasteiger partial charge in [0.1, 0.15) is 4.99 Å². The summed E-state index contributed by atoms with van der Waals surface area (Å²) in [5, 5.41) is 0. The first-order chi connectivity index (χ1) is 8.99. The molecule has 0 aliphatic heterocycles. The van der Waals surface area contributed by atoms with Crippen molar-refractivity contribution < 1.29 is 8.42 Å². The largest absolute Gasteiger partial charge is 0.389 e. The summed E-state index contributed by atoms with van der Waals surface area (Å²) in [6, 6.07) is 6.51. The van der Waals surface area contributed by atoms with E-state index in [-0.39, 0.29) is 9.88 Å². The van der Waals surface area contributed by atoms with Crippen LogP contribution in [0, 0.1) is 0 Å². The molecule has 0 aliphatic carbocycles.